The molecular formula is C24H26N2O4. The number of benzene rings is 2. The molecule has 6 heteroatoms. The number of rotatable bonds is 8. The normalized spacial score (nSPS) is 14.3. The number of H-pyrrole nitrogens is 1. The molecule has 0 unspecified atom stereocenters. The molecule has 1 atom stereocenters. The van der Waals surface area contributed by atoms with Crippen molar-refractivity contribution in [2.75, 3.05) is 6.61 Å². The van der Waals surface area contributed by atoms with Gasteiger partial charge in [0.2, 0.25) is 0 Å². The number of amides is 1. The summed E-state index contributed by atoms with van der Waals surface area (Å²) in [5.41, 5.74) is 4.01. The molecule has 1 saturated carbocycles. The van der Waals surface area contributed by atoms with Crippen LogP contribution in [0.25, 0.3) is 10.9 Å². The monoisotopic (exact) mass is 406 g/mol. The lowest BCUT2D eigenvalue weighted by atomic mass is 10.0. The highest BCUT2D eigenvalue weighted by Gasteiger charge is 2.36. The van der Waals surface area contributed by atoms with E-state index in [0.717, 1.165) is 40.6 Å². The second-order valence-corrected chi connectivity index (χ2v) is 7.67. The van der Waals surface area contributed by atoms with Crippen molar-refractivity contribution in [1.29, 1.82) is 0 Å². The van der Waals surface area contributed by atoms with Crippen LogP contribution in [0.3, 0.4) is 0 Å². The van der Waals surface area contributed by atoms with Gasteiger partial charge in [0.1, 0.15) is 6.61 Å². The second kappa shape index (κ2) is 9.03. The second-order valence-electron chi connectivity index (χ2n) is 7.67. The Bertz CT molecular complexity index is 1020. The zero-order valence-corrected chi connectivity index (χ0v) is 17.0. The largest absolute Gasteiger partial charge is 0.466 e. The molecule has 1 aliphatic carbocycles. The number of fused-ring (bicyclic) bond motifs is 1. The molecule has 0 bridgehead atoms. The molecular weight excluding hydrogens is 380 g/mol. The van der Waals surface area contributed by atoms with Crippen LogP contribution in [0.2, 0.25) is 0 Å². The summed E-state index contributed by atoms with van der Waals surface area (Å²) in [4.78, 5) is 27.2. The van der Waals surface area contributed by atoms with Gasteiger partial charge in [0, 0.05) is 29.9 Å². The summed E-state index contributed by atoms with van der Waals surface area (Å²) in [6.07, 6.45) is 2.27. The third-order valence-corrected chi connectivity index (χ3v) is 5.39. The molecule has 4 rings (SSSR count). The molecule has 0 aliphatic heterocycles. The van der Waals surface area contributed by atoms with Crippen molar-refractivity contribution in [3.8, 4) is 0 Å². The Hall–Kier alpha value is -3.28. The molecule has 0 saturated heterocycles. The number of aromatic amines is 1. The minimum Gasteiger partial charge on any atom is -0.466 e. The average molecular weight is 406 g/mol. The third kappa shape index (κ3) is 4.82. The predicted molar refractivity (Wildman–Crippen MR) is 114 cm³/mol. The number of hydrogen-bond donors (Lipinski definition) is 2. The summed E-state index contributed by atoms with van der Waals surface area (Å²) >= 11 is 0. The number of ether oxygens (including phenoxy) is 2. The van der Waals surface area contributed by atoms with E-state index in [1.165, 1.54) is 6.92 Å². The van der Waals surface area contributed by atoms with E-state index >= 15 is 0 Å². The smallest absolute Gasteiger partial charge is 0.408 e. The van der Waals surface area contributed by atoms with Crippen LogP contribution in [0.5, 0.6) is 0 Å². The van der Waals surface area contributed by atoms with E-state index < -0.39 is 6.09 Å². The molecule has 1 fully saturated rings. The van der Waals surface area contributed by atoms with Gasteiger partial charge in [-0.25, -0.2) is 4.79 Å². The highest BCUT2D eigenvalue weighted by atomic mass is 16.5. The maximum atomic E-state index is 12.5. The molecule has 1 aliphatic rings. The Morgan fingerprint density at radius 2 is 1.80 bits per heavy atom. The first kappa shape index (κ1) is 20.0. The molecule has 2 aromatic carbocycles. The van der Waals surface area contributed by atoms with E-state index in [1.54, 1.807) is 0 Å². The number of esters is 1. The summed E-state index contributed by atoms with van der Waals surface area (Å²) in [6, 6.07) is 17.5. The molecule has 156 valence electrons. The lowest BCUT2D eigenvalue weighted by Crippen LogP contribution is -2.31. The minimum absolute atomic E-state index is 0.159. The number of alkyl carbamates (subject to hydrolysis) is 1. The Morgan fingerprint density at radius 3 is 2.53 bits per heavy atom. The van der Waals surface area contributed by atoms with Gasteiger partial charge < -0.3 is 19.8 Å². The minimum atomic E-state index is -0.430. The summed E-state index contributed by atoms with van der Waals surface area (Å²) in [7, 11) is 0. The summed E-state index contributed by atoms with van der Waals surface area (Å²) in [5, 5.41) is 4.15. The zero-order valence-electron chi connectivity index (χ0n) is 17.0. The fourth-order valence-electron chi connectivity index (χ4n) is 3.80. The standard InChI is InChI=1S/C24H26N2O4/c1-16(27)29-14-13-20-19-9-5-6-10-21(19)25-23(20)22(18-11-12-18)26-24(28)30-15-17-7-3-2-4-8-17/h2-10,18,22,25H,11-15H2,1H3,(H,26,28)/t22-/m0/s1. The number of aromatic nitrogens is 1. The lowest BCUT2D eigenvalue weighted by Gasteiger charge is -2.19. The van der Waals surface area contributed by atoms with Crippen LogP contribution >= 0.6 is 0 Å². The molecule has 1 aromatic heterocycles. The van der Waals surface area contributed by atoms with Gasteiger partial charge in [-0.2, -0.15) is 0 Å². The van der Waals surface area contributed by atoms with Gasteiger partial charge in [-0.15, -0.1) is 0 Å². The first-order chi connectivity index (χ1) is 14.6. The van der Waals surface area contributed by atoms with Gasteiger partial charge in [0.25, 0.3) is 0 Å². The van der Waals surface area contributed by atoms with Crippen LogP contribution in [0.15, 0.2) is 54.6 Å². The van der Waals surface area contributed by atoms with E-state index in [-0.39, 0.29) is 18.6 Å². The summed E-state index contributed by atoms with van der Waals surface area (Å²) < 4.78 is 10.6. The van der Waals surface area contributed by atoms with Crippen LogP contribution in [-0.2, 0) is 27.3 Å². The van der Waals surface area contributed by atoms with Crippen LogP contribution in [0.1, 0.15) is 42.6 Å². The molecule has 2 N–H and O–H groups in total. The zero-order chi connectivity index (χ0) is 20.9. The Morgan fingerprint density at radius 1 is 1.07 bits per heavy atom. The SMILES string of the molecule is CC(=O)OCCc1c([C@@H](NC(=O)OCc2ccccc2)C2CC2)[nH]c2ccccc12. The lowest BCUT2D eigenvalue weighted by molar-refractivity contribution is -0.140. The average Bonchev–Trinajstić information content (AvgIpc) is 3.53. The van der Waals surface area contributed by atoms with Gasteiger partial charge in [0.15, 0.2) is 0 Å². The number of hydrogen-bond acceptors (Lipinski definition) is 4. The van der Waals surface area contributed by atoms with Gasteiger partial charge in [-0.05, 0) is 36.0 Å². The molecule has 3 aromatic rings. The van der Waals surface area contributed by atoms with Crippen LogP contribution in [0, 0.1) is 5.92 Å². The highest BCUT2D eigenvalue weighted by Crippen LogP contribution is 2.43. The number of nitrogens with one attached hydrogen (secondary N) is 2. The Labute approximate surface area is 175 Å². The predicted octanol–water partition coefficient (Wildman–Crippen LogP) is 4.65. The van der Waals surface area contributed by atoms with Gasteiger partial charge in [-0.3, -0.25) is 4.79 Å². The van der Waals surface area contributed by atoms with Crippen molar-refractivity contribution >= 4 is 23.0 Å². The third-order valence-electron chi connectivity index (χ3n) is 5.39. The van der Waals surface area contributed by atoms with Crippen molar-refractivity contribution in [2.45, 2.75) is 38.8 Å². The topological polar surface area (TPSA) is 80.4 Å². The maximum absolute atomic E-state index is 12.5. The van der Waals surface area contributed by atoms with Crippen LogP contribution < -0.4 is 5.32 Å². The number of para-hydroxylation sites is 1. The maximum Gasteiger partial charge on any atom is 0.408 e. The van der Waals surface area contributed by atoms with Crippen molar-refractivity contribution in [3.63, 3.8) is 0 Å². The van der Waals surface area contributed by atoms with E-state index in [2.05, 4.69) is 16.4 Å². The highest BCUT2D eigenvalue weighted by molar-refractivity contribution is 5.85. The van der Waals surface area contributed by atoms with Crippen LogP contribution in [0.4, 0.5) is 4.79 Å². The molecule has 6 nitrogen and oxygen atoms in total. The molecule has 0 radical (unpaired) electrons. The Kier molecular flexibility index (Phi) is 6.02. The molecule has 0 spiro atoms. The van der Waals surface area contributed by atoms with Gasteiger partial charge in [-0.1, -0.05) is 48.5 Å². The first-order valence-corrected chi connectivity index (χ1v) is 10.3. The first-order valence-electron chi connectivity index (χ1n) is 10.3. The van der Waals surface area contributed by atoms with E-state index in [0.29, 0.717) is 18.9 Å². The summed E-state index contributed by atoms with van der Waals surface area (Å²) in [5.74, 6) is 0.0764. The fourth-order valence-corrected chi connectivity index (χ4v) is 3.80. The van der Waals surface area contributed by atoms with Crippen LogP contribution in [-0.4, -0.2) is 23.7 Å². The van der Waals surface area contributed by atoms with E-state index in [4.69, 9.17) is 9.47 Å². The molecule has 30 heavy (non-hydrogen) atoms. The van der Waals surface area contributed by atoms with Gasteiger partial charge >= 0.3 is 12.1 Å². The number of carbonyl (C=O) groups excluding carboxylic acids is 2. The van der Waals surface area contributed by atoms with E-state index in [1.807, 2.05) is 48.5 Å². The van der Waals surface area contributed by atoms with Crippen molar-refractivity contribution in [1.82, 2.24) is 10.3 Å². The number of carbonyl (C=O) groups is 2. The molecule has 1 heterocycles. The quantitative estimate of drug-likeness (QED) is 0.534. The van der Waals surface area contributed by atoms with Crippen molar-refractivity contribution in [2.24, 2.45) is 5.92 Å². The van der Waals surface area contributed by atoms with E-state index in [9.17, 15) is 9.59 Å². The summed E-state index contributed by atoms with van der Waals surface area (Å²) in [6.45, 7) is 1.95. The van der Waals surface area contributed by atoms with Crippen molar-refractivity contribution < 1.29 is 19.1 Å². The molecule has 1 amide bonds. The van der Waals surface area contributed by atoms with Crippen molar-refractivity contribution in [3.05, 3.63) is 71.4 Å². The fraction of sp³-hybridized carbons (Fsp3) is 0.333. The van der Waals surface area contributed by atoms with Gasteiger partial charge in [0.05, 0.1) is 12.6 Å². The Balaban J connectivity index is 1.53.